The van der Waals surface area contributed by atoms with Crippen molar-refractivity contribution in [2.45, 2.75) is 51.6 Å². The van der Waals surface area contributed by atoms with E-state index >= 15 is 0 Å². The maximum Gasteiger partial charge on any atom is 0.250 e. The minimum atomic E-state index is -0.685. The molecule has 0 saturated carbocycles. The van der Waals surface area contributed by atoms with Crippen LogP contribution in [-0.2, 0) is 27.2 Å². The molecule has 2 heterocycles. The predicted molar refractivity (Wildman–Crippen MR) is 114 cm³/mol. The summed E-state index contributed by atoms with van der Waals surface area (Å²) in [4.78, 5) is 40.2. The summed E-state index contributed by atoms with van der Waals surface area (Å²) in [5.74, 6) is 4.70. The van der Waals surface area contributed by atoms with Crippen LogP contribution in [0.4, 0.5) is 5.69 Å². The summed E-state index contributed by atoms with van der Waals surface area (Å²) in [5, 5.41) is 5.64. The lowest BCUT2D eigenvalue weighted by Gasteiger charge is -2.28. The summed E-state index contributed by atoms with van der Waals surface area (Å²) in [6, 6.07) is 4.52. The van der Waals surface area contributed by atoms with Gasteiger partial charge in [-0.2, -0.15) is 0 Å². The van der Waals surface area contributed by atoms with Gasteiger partial charge in [0.25, 0.3) is 0 Å². The number of benzene rings is 1. The van der Waals surface area contributed by atoms with Gasteiger partial charge in [0.2, 0.25) is 17.7 Å². The Morgan fingerprint density at radius 1 is 1.30 bits per heavy atom. The normalized spacial score (nSPS) is 20.6. The second-order valence-corrected chi connectivity index (χ2v) is 8.21. The van der Waals surface area contributed by atoms with Crippen molar-refractivity contribution in [1.82, 2.24) is 16.1 Å². The summed E-state index contributed by atoms with van der Waals surface area (Å²) in [6.07, 6.45) is 3.32. The Hall–Kier alpha value is -3.07. The Labute approximate surface area is 176 Å². The van der Waals surface area contributed by atoms with Gasteiger partial charge in [0, 0.05) is 24.7 Å². The van der Waals surface area contributed by atoms with Gasteiger partial charge < -0.3 is 21.8 Å². The summed E-state index contributed by atoms with van der Waals surface area (Å²) in [5.41, 5.74) is 11.2. The first-order valence-electron chi connectivity index (χ1n) is 10.2. The van der Waals surface area contributed by atoms with Crippen LogP contribution >= 0.6 is 0 Å². The molecule has 0 aliphatic carbocycles. The zero-order chi connectivity index (χ0) is 21.8. The average Bonchev–Trinajstić information content (AvgIpc) is 3.02. The number of rotatable bonds is 7. The van der Waals surface area contributed by atoms with Crippen LogP contribution in [0.5, 0.6) is 0 Å². The van der Waals surface area contributed by atoms with E-state index in [4.69, 9.17) is 11.6 Å². The SMILES string of the molecule is CC(C)CC(=O)NC1CCc2cccc3c2N(C1=O)C(C(=O)NC/C(N)=C/NN)C3. The molecule has 3 amide bonds. The molecule has 0 spiro atoms. The number of nitrogens with two attached hydrogens (primary N) is 2. The molecule has 1 aromatic rings. The molecule has 7 N–H and O–H groups in total. The van der Waals surface area contributed by atoms with E-state index in [0.717, 1.165) is 16.8 Å². The van der Waals surface area contributed by atoms with Crippen molar-refractivity contribution in [2.75, 3.05) is 11.4 Å². The lowest BCUT2D eigenvalue weighted by Crippen LogP contribution is -2.54. The van der Waals surface area contributed by atoms with Crippen molar-refractivity contribution in [3.63, 3.8) is 0 Å². The van der Waals surface area contributed by atoms with Crippen LogP contribution in [-0.4, -0.2) is 36.3 Å². The van der Waals surface area contributed by atoms with E-state index in [1.807, 2.05) is 32.0 Å². The van der Waals surface area contributed by atoms with E-state index in [-0.39, 0.29) is 30.2 Å². The number of para-hydroxylation sites is 1. The Morgan fingerprint density at radius 3 is 2.73 bits per heavy atom. The van der Waals surface area contributed by atoms with Crippen LogP contribution in [0, 0.1) is 5.92 Å². The zero-order valence-corrected chi connectivity index (χ0v) is 17.4. The van der Waals surface area contributed by atoms with E-state index in [1.54, 1.807) is 4.90 Å². The molecule has 9 heteroatoms. The number of amides is 3. The fraction of sp³-hybridized carbons (Fsp3) is 0.476. The molecule has 0 fully saturated rings. The molecule has 30 heavy (non-hydrogen) atoms. The maximum atomic E-state index is 13.4. The first-order valence-corrected chi connectivity index (χ1v) is 10.2. The predicted octanol–water partition coefficient (Wildman–Crippen LogP) is -0.199. The first kappa shape index (κ1) is 21.6. The van der Waals surface area contributed by atoms with E-state index in [9.17, 15) is 14.4 Å². The average molecular weight is 415 g/mol. The highest BCUT2D eigenvalue weighted by Crippen LogP contribution is 2.39. The molecule has 0 radical (unpaired) electrons. The molecule has 1 aromatic carbocycles. The molecule has 2 aliphatic heterocycles. The fourth-order valence-corrected chi connectivity index (χ4v) is 4.06. The van der Waals surface area contributed by atoms with E-state index in [1.165, 1.54) is 6.20 Å². The third-order valence-electron chi connectivity index (χ3n) is 5.37. The highest BCUT2D eigenvalue weighted by Gasteiger charge is 2.43. The molecule has 2 atom stereocenters. The Morgan fingerprint density at radius 2 is 2.03 bits per heavy atom. The lowest BCUT2D eigenvalue weighted by molar-refractivity contribution is -0.129. The van der Waals surface area contributed by atoms with Gasteiger partial charge in [0.05, 0.1) is 12.2 Å². The van der Waals surface area contributed by atoms with Crippen molar-refractivity contribution in [2.24, 2.45) is 17.5 Å². The Kier molecular flexibility index (Phi) is 6.61. The van der Waals surface area contributed by atoms with Gasteiger partial charge in [0.1, 0.15) is 12.1 Å². The second-order valence-electron chi connectivity index (χ2n) is 8.21. The minimum Gasteiger partial charge on any atom is -0.399 e. The second kappa shape index (κ2) is 9.17. The molecule has 0 bridgehead atoms. The van der Waals surface area contributed by atoms with Crippen LogP contribution in [0.3, 0.4) is 0 Å². The Balaban J connectivity index is 1.83. The van der Waals surface area contributed by atoms with Crippen molar-refractivity contribution < 1.29 is 14.4 Å². The first-order chi connectivity index (χ1) is 14.3. The summed E-state index contributed by atoms with van der Waals surface area (Å²) >= 11 is 0. The van der Waals surface area contributed by atoms with Crippen LogP contribution in [0.1, 0.15) is 37.8 Å². The molecule has 9 nitrogen and oxygen atoms in total. The summed E-state index contributed by atoms with van der Waals surface area (Å²) in [6.45, 7) is 4.02. The monoisotopic (exact) mass is 414 g/mol. The van der Waals surface area contributed by atoms with Crippen LogP contribution in [0.15, 0.2) is 30.1 Å². The van der Waals surface area contributed by atoms with Crippen molar-refractivity contribution in [1.29, 1.82) is 0 Å². The van der Waals surface area contributed by atoms with Gasteiger partial charge in [-0.15, -0.1) is 0 Å². The molecule has 0 saturated heterocycles. The van der Waals surface area contributed by atoms with Gasteiger partial charge >= 0.3 is 0 Å². The topological polar surface area (TPSA) is 143 Å². The van der Waals surface area contributed by atoms with Crippen molar-refractivity contribution in [3.8, 4) is 0 Å². The number of anilines is 1. The fourth-order valence-electron chi connectivity index (χ4n) is 4.06. The van der Waals surface area contributed by atoms with Crippen molar-refractivity contribution in [3.05, 3.63) is 41.2 Å². The van der Waals surface area contributed by atoms with Gasteiger partial charge in [-0.05, 0) is 29.9 Å². The molecular weight excluding hydrogens is 384 g/mol. The van der Waals surface area contributed by atoms with E-state index in [2.05, 4.69) is 16.1 Å². The molecule has 3 rings (SSSR count). The van der Waals surface area contributed by atoms with E-state index < -0.39 is 12.1 Å². The number of hydrogen-bond acceptors (Lipinski definition) is 6. The molecular formula is C21H30N6O3. The molecule has 162 valence electrons. The third-order valence-corrected chi connectivity index (χ3v) is 5.37. The zero-order valence-electron chi connectivity index (χ0n) is 17.4. The number of aryl methyl sites for hydroxylation is 1. The Bertz CT molecular complexity index is 866. The van der Waals surface area contributed by atoms with Crippen LogP contribution in [0.2, 0.25) is 0 Å². The third kappa shape index (κ3) is 4.56. The smallest absolute Gasteiger partial charge is 0.250 e. The van der Waals surface area contributed by atoms with Gasteiger partial charge in [-0.3, -0.25) is 25.1 Å². The maximum absolute atomic E-state index is 13.4. The number of carbonyl (C=O) groups excluding carboxylic acids is 3. The van der Waals surface area contributed by atoms with Gasteiger partial charge in [-0.25, -0.2) is 0 Å². The summed E-state index contributed by atoms with van der Waals surface area (Å²) < 4.78 is 0. The quantitative estimate of drug-likeness (QED) is 0.309. The minimum absolute atomic E-state index is 0.110. The molecule has 2 unspecified atom stereocenters. The number of carbonyl (C=O) groups is 3. The highest BCUT2D eigenvalue weighted by atomic mass is 16.2. The van der Waals surface area contributed by atoms with Crippen LogP contribution in [0.25, 0.3) is 0 Å². The molecule has 0 aromatic heterocycles. The van der Waals surface area contributed by atoms with Crippen molar-refractivity contribution >= 4 is 23.4 Å². The highest BCUT2D eigenvalue weighted by molar-refractivity contribution is 6.07. The summed E-state index contributed by atoms with van der Waals surface area (Å²) in [7, 11) is 0. The number of hydrogen-bond donors (Lipinski definition) is 5. The largest absolute Gasteiger partial charge is 0.399 e. The number of nitrogens with zero attached hydrogens (tertiary/aromatic N) is 1. The number of nitrogens with one attached hydrogen (secondary N) is 3. The standard InChI is InChI=1S/C21H30N6O3/c1-12(2)8-18(28)26-16-7-6-13-4-3-5-14-9-17(27(19(13)14)21(16)30)20(29)24-10-15(22)11-25-23/h3-5,11-12,16-17,25H,6-10,22-23H2,1-2H3,(H,24,29)(H,26,28)/b15-11-. The number of hydrazine groups is 1. The lowest BCUT2D eigenvalue weighted by atomic mass is 10.0. The van der Waals surface area contributed by atoms with Gasteiger partial charge in [-0.1, -0.05) is 32.0 Å². The van der Waals surface area contributed by atoms with Gasteiger partial charge in [0.15, 0.2) is 0 Å². The van der Waals surface area contributed by atoms with Crippen LogP contribution < -0.4 is 32.5 Å². The molecule has 2 aliphatic rings. The van der Waals surface area contributed by atoms with E-state index in [0.29, 0.717) is 31.4 Å².